The molecule has 0 aromatic heterocycles. The second kappa shape index (κ2) is 9.95. The molecule has 1 aliphatic heterocycles. The maximum absolute atomic E-state index is 13.1. The van der Waals surface area contributed by atoms with Gasteiger partial charge in [-0.15, -0.1) is 0 Å². The summed E-state index contributed by atoms with van der Waals surface area (Å²) in [5, 5.41) is 5.48. The number of hydrogen-bond donors (Lipinski definition) is 1. The zero-order valence-electron chi connectivity index (χ0n) is 17.1. The molecule has 3 rings (SSSR count). The van der Waals surface area contributed by atoms with E-state index >= 15 is 0 Å². The van der Waals surface area contributed by atoms with E-state index in [4.69, 9.17) is 21.5 Å². The second-order valence-corrected chi connectivity index (χ2v) is 9.70. The van der Waals surface area contributed by atoms with E-state index in [-0.39, 0.29) is 30.1 Å². The normalized spacial score (nSPS) is 17.5. The lowest BCUT2D eigenvalue weighted by atomic mass is 10.1. The van der Waals surface area contributed by atoms with Crippen LogP contribution in [0.2, 0.25) is 5.02 Å². The van der Waals surface area contributed by atoms with Crippen LogP contribution in [0.1, 0.15) is 18.1 Å². The van der Waals surface area contributed by atoms with Gasteiger partial charge in [0.1, 0.15) is 11.6 Å². The van der Waals surface area contributed by atoms with E-state index in [1.165, 1.54) is 24.3 Å². The van der Waals surface area contributed by atoms with E-state index in [0.717, 1.165) is 5.56 Å². The Morgan fingerprint density at radius 2 is 1.94 bits per heavy atom. The second-order valence-electron chi connectivity index (χ2n) is 7.65. The van der Waals surface area contributed by atoms with Gasteiger partial charge < -0.3 is 9.64 Å². The minimum absolute atomic E-state index is 0.0283. The molecular weight excluding hydrogens is 445 g/mol. The molecule has 0 unspecified atom stereocenters. The largest absolute Gasteiger partial charge is 0.483 e. The number of nitrogens with two attached hydrogens (primary N) is 1. The Hall–Kier alpha value is -2.20. The van der Waals surface area contributed by atoms with Crippen molar-refractivity contribution in [1.29, 1.82) is 0 Å². The third-order valence-corrected chi connectivity index (χ3v) is 6.03. The Bertz CT molecular complexity index is 1030. The quantitative estimate of drug-likeness (QED) is 0.672. The van der Waals surface area contributed by atoms with Gasteiger partial charge in [-0.05, 0) is 42.8 Å². The molecule has 7 nitrogen and oxygen atoms in total. The summed E-state index contributed by atoms with van der Waals surface area (Å²) in [6.07, 6.45) is 0. The molecule has 2 aromatic carbocycles. The Morgan fingerprint density at radius 1 is 1.23 bits per heavy atom. The van der Waals surface area contributed by atoms with E-state index in [1.807, 2.05) is 6.92 Å². The minimum atomic E-state index is -3.78. The van der Waals surface area contributed by atoms with Crippen LogP contribution in [0.4, 0.5) is 4.39 Å². The molecule has 1 heterocycles. The highest BCUT2D eigenvalue weighted by molar-refractivity contribution is 7.88. The molecule has 0 bridgehead atoms. The molecule has 31 heavy (non-hydrogen) atoms. The molecule has 1 saturated heterocycles. The Labute approximate surface area is 186 Å². The van der Waals surface area contributed by atoms with Crippen LogP contribution in [0.3, 0.4) is 0 Å². The summed E-state index contributed by atoms with van der Waals surface area (Å²) in [5.41, 5.74) is 1.32. The highest BCUT2D eigenvalue weighted by Crippen LogP contribution is 2.25. The van der Waals surface area contributed by atoms with Crippen molar-refractivity contribution < 1.29 is 22.3 Å². The first kappa shape index (κ1) is 23.5. The number of primary sulfonamides is 1. The lowest BCUT2D eigenvalue weighted by Crippen LogP contribution is -2.54. The lowest BCUT2D eigenvalue weighted by Gasteiger charge is -2.39. The van der Waals surface area contributed by atoms with Gasteiger partial charge in [0.25, 0.3) is 5.91 Å². The van der Waals surface area contributed by atoms with Gasteiger partial charge in [-0.25, -0.2) is 17.9 Å². The van der Waals surface area contributed by atoms with E-state index in [1.54, 1.807) is 23.1 Å². The Kier molecular flexibility index (Phi) is 7.53. The van der Waals surface area contributed by atoms with Crippen molar-refractivity contribution in [3.05, 3.63) is 64.4 Å². The number of carbonyl (C=O) groups is 1. The van der Waals surface area contributed by atoms with E-state index in [0.29, 0.717) is 36.8 Å². The zero-order chi connectivity index (χ0) is 22.6. The van der Waals surface area contributed by atoms with Crippen molar-refractivity contribution in [1.82, 2.24) is 9.80 Å². The lowest BCUT2D eigenvalue weighted by molar-refractivity contribution is -0.138. The number of rotatable bonds is 7. The number of sulfonamides is 1. The monoisotopic (exact) mass is 469 g/mol. The van der Waals surface area contributed by atoms with Gasteiger partial charge in [0.15, 0.2) is 6.61 Å². The number of piperazine rings is 1. The average Bonchev–Trinajstić information content (AvgIpc) is 2.68. The molecule has 1 fully saturated rings. The van der Waals surface area contributed by atoms with Crippen LogP contribution < -0.4 is 9.88 Å². The predicted molar refractivity (Wildman–Crippen MR) is 117 cm³/mol. The molecule has 1 aliphatic rings. The van der Waals surface area contributed by atoms with Crippen LogP contribution in [0.25, 0.3) is 0 Å². The fraction of sp³-hybridized carbons (Fsp3) is 0.381. The molecular formula is C21H25ClFN3O4S. The smallest absolute Gasteiger partial charge is 0.260 e. The average molecular weight is 470 g/mol. The molecule has 0 radical (unpaired) electrons. The molecule has 0 spiro atoms. The number of carbonyl (C=O) groups excluding carboxylic acids is 1. The number of hydrogen-bond acceptors (Lipinski definition) is 5. The summed E-state index contributed by atoms with van der Waals surface area (Å²) in [5.74, 6) is -0.629. The first-order chi connectivity index (χ1) is 14.6. The van der Waals surface area contributed by atoms with Crippen LogP contribution in [0.15, 0.2) is 42.5 Å². The van der Waals surface area contributed by atoms with Crippen molar-refractivity contribution in [2.24, 2.45) is 5.14 Å². The van der Waals surface area contributed by atoms with Gasteiger partial charge in [0, 0.05) is 42.8 Å². The summed E-state index contributed by atoms with van der Waals surface area (Å²) >= 11 is 5.94. The number of ether oxygens (including phenoxy) is 1. The van der Waals surface area contributed by atoms with Crippen molar-refractivity contribution in [3.63, 3.8) is 0 Å². The number of amides is 1. The maximum atomic E-state index is 13.1. The Morgan fingerprint density at radius 3 is 2.58 bits per heavy atom. The SMILES string of the molecule is C[C@@H]1CN(Cc2ccc(F)cc2)CCN1C(=O)COc1ccc(Cl)cc1CS(N)(=O)=O. The topological polar surface area (TPSA) is 92.9 Å². The van der Waals surface area contributed by atoms with Crippen molar-refractivity contribution in [2.45, 2.75) is 25.3 Å². The summed E-state index contributed by atoms with van der Waals surface area (Å²) in [7, 11) is -3.78. The van der Waals surface area contributed by atoms with Gasteiger partial charge in [-0.1, -0.05) is 23.7 Å². The van der Waals surface area contributed by atoms with Gasteiger partial charge in [0.05, 0.1) is 5.75 Å². The molecule has 168 valence electrons. The fourth-order valence-electron chi connectivity index (χ4n) is 3.64. The third-order valence-electron chi connectivity index (χ3n) is 5.08. The highest BCUT2D eigenvalue weighted by Gasteiger charge is 2.27. The van der Waals surface area contributed by atoms with Crippen LogP contribution in [0, 0.1) is 5.82 Å². The third kappa shape index (κ3) is 6.90. The summed E-state index contributed by atoms with van der Waals surface area (Å²) in [6.45, 7) is 4.33. The standard InChI is InChI=1S/C21H25ClFN3O4S/c1-15-11-25(12-16-2-5-19(23)6-3-16)8-9-26(15)21(27)13-30-20-7-4-18(22)10-17(20)14-31(24,28)29/h2-7,10,15H,8-9,11-14H2,1H3,(H2,24,28,29)/t15-/m1/s1. The summed E-state index contributed by atoms with van der Waals surface area (Å²) < 4.78 is 41.6. The van der Waals surface area contributed by atoms with Crippen LogP contribution >= 0.6 is 11.6 Å². The molecule has 2 aromatic rings. The Balaban J connectivity index is 1.56. The van der Waals surface area contributed by atoms with Crippen LogP contribution in [0.5, 0.6) is 5.75 Å². The van der Waals surface area contributed by atoms with Crippen molar-refractivity contribution >= 4 is 27.5 Å². The maximum Gasteiger partial charge on any atom is 0.260 e. The fourth-order valence-corrected chi connectivity index (χ4v) is 4.49. The summed E-state index contributed by atoms with van der Waals surface area (Å²) in [6, 6.07) is 10.9. The van der Waals surface area contributed by atoms with E-state index in [2.05, 4.69) is 4.90 Å². The van der Waals surface area contributed by atoms with E-state index in [9.17, 15) is 17.6 Å². The molecule has 1 atom stereocenters. The minimum Gasteiger partial charge on any atom is -0.483 e. The molecule has 10 heteroatoms. The molecule has 0 aliphatic carbocycles. The highest BCUT2D eigenvalue weighted by atomic mass is 35.5. The molecule has 1 amide bonds. The van der Waals surface area contributed by atoms with Crippen LogP contribution in [-0.4, -0.2) is 56.4 Å². The van der Waals surface area contributed by atoms with Crippen molar-refractivity contribution in [3.8, 4) is 5.75 Å². The van der Waals surface area contributed by atoms with Gasteiger partial charge in [-0.2, -0.15) is 0 Å². The zero-order valence-corrected chi connectivity index (χ0v) is 18.7. The van der Waals surface area contributed by atoms with Crippen molar-refractivity contribution in [2.75, 3.05) is 26.2 Å². The number of benzene rings is 2. The van der Waals surface area contributed by atoms with Gasteiger partial charge in [0.2, 0.25) is 10.0 Å². The first-order valence-electron chi connectivity index (χ1n) is 9.78. The first-order valence-corrected chi connectivity index (χ1v) is 11.9. The van der Waals surface area contributed by atoms with Crippen LogP contribution in [-0.2, 0) is 27.1 Å². The van der Waals surface area contributed by atoms with Gasteiger partial charge >= 0.3 is 0 Å². The summed E-state index contributed by atoms with van der Waals surface area (Å²) in [4.78, 5) is 16.7. The molecule has 2 N–H and O–H groups in total. The number of nitrogens with zero attached hydrogens (tertiary/aromatic N) is 2. The predicted octanol–water partition coefficient (Wildman–Crippen LogP) is 2.38. The molecule has 0 saturated carbocycles. The van der Waals surface area contributed by atoms with Gasteiger partial charge in [-0.3, -0.25) is 9.69 Å². The number of halogens is 2. The van der Waals surface area contributed by atoms with E-state index < -0.39 is 15.8 Å².